The van der Waals surface area contributed by atoms with Crippen LogP contribution in [0.5, 0.6) is 11.5 Å². The van der Waals surface area contributed by atoms with Gasteiger partial charge < -0.3 is 19.3 Å². The quantitative estimate of drug-likeness (QED) is 0.577. The molecule has 0 radical (unpaired) electrons. The average molecular weight is 276 g/mol. The van der Waals surface area contributed by atoms with Crippen molar-refractivity contribution in [3.05, 3.63) is 23.8 Å². The van der Waals surface area contributed by atoms with Crippen LogP contribution in [0.2, 0.25) is 0 Å². The normalized spacial score (nSPS) is 18.1. The number of likely N-dealkylation sites (N-methyl/N-ethyl adjacent to an activating group) is 1. The van der Waals surface area contributed by atoms with Crippen LogP contribution in [-0.2, 0) is 4.79 Å². The van der Waals surface area contributed by atoms with Crippen LogP contribution in [0.15, 0.2) is 18.2 Å². The Labute approximate surface area is 116 Å². The number of benzene rings is 1. The van der Waals surface area contributed by atoms with Crippen LogP contribution in [0.3, 0.4) is 0 Å². The van der Waals surface area contributed by atoms with Crippen molar-refractivity contribution in [1.29, 1.82) is 0 Å². The van der Waals surface area contributed by atoms with Gasteiger partial charge in [0, 0.05) is 31.7 Å². The van der Waals surface area contributed by atoms with Gasteiger partial charge in [-0.25, -0.2) is 0 Å². The summed E-state index contributed by atoms with van der Waals surface area (Å²) in [6.07, 6.45) is 0. The molecule has 0 bridgehead atoms. The fourth-order valence-electron chi connectivity index (χ4n) is 2.31. The fraction of sp³-hybridized carbons (Fsp3) is 0.429. The van der Waals surface area contributed by atoms with E-state index in [-0.39, 0.29) is 6.79 Å². The number of piperazine rings is 1. The SMILES string of the molecule is CN1CCN(C(=O)C(=O)c2ccc3c(c2)OCO3)CC1. The van der Waals surface area contributed by atoms with Gasteiger partial charge in [-0.1, -0.05) is 0 Å². The molecule has 3 rings (SSSR count). The van der Waals surface area contributed by atoms with Crippen molar-refractivity contribution in [3.63, 3.8) is 0 Å². The topological polar surface area (TPSA) is 59.1 Å². The highest BCUT2D eigenvalue weighted by Gasteiger charge is 2.27. The third kappa shape index (κ3) is 2.34. The zero-order valence-corrected chi connectivity index (χ0v) is 11.3. The lowest BCUT2D eigenvalue weighted by Gasteiger charge is -2.31. The van der Waals surface area contributed by atoms with Crippen molar-refractivity contribution in [2.45, 2.75) is 0 Å². The van der Waals surface area contributed by atoms with Gasteiger partial charge in [0.05, 0.1) is 0 Å². The Morgan fingerprint density at radius 2 is 1.75 bits per heavy atom. The van der Waals surface area contributed by atoms with E-state index in [4.69, 9.17) is 9.47 Å². The smallest absolute Gasteiger partial charge is 0.295 e. The minimum Gasteiger partial charge on any atom is -0.454 e. The molecule has 2 aliphatic heterocycles. The van der Waals surface area contributed by atoms with E-state index in [0.717, 1.165) is 13.1 Å². The van der Waals surface area contributed by atoms with Crippen molar-refractivity contribution in [3.8, 4) is 11.5 Å². The van der Waals surface area contributed by atoms with Crippen LogP contribution < -0.4 is 9.47 Å². The zero-order chi connectivity index (χ0) is 14.1. The van der Waals surface area contributed by atoms with E-state index in [2.05, 4.69) is 4.90 Å². The highest BCUT2D eigenvalue weighted by molar-refractivity contribution is 6.42. The van der Waals surface area contributed by atoms with E-state index in [9.17, 15) is 9.59 Å². The Hall–Kier alpha value is -2.08. The van der Waals surface area contributed by atoms with E-state index >= 15 is 0 Å². The van der Waals surface area contributed by atoms with Crippen LogP contribution in [0.1, 0.15) is 10.4 Å². The van der Waals surface area contributed by atoms with Crippen LogP contribution in [0, 0.1) is 0 Å². The number of fused-ring (bicyclic) bond motifs is 1. The summed E-state index contributed by atoms with van der Waals surface area (Å²) in [6.45, 7) is 2.91. The number of nitrogens with zero attached hydrogens (tertiary/aromatic N) is 2. The first-order valence-corrected chi connectivity index (χ1v) is 6.57. The van der Waals surface area contributed by atoms with E-state index < -0.39 is 11.7 Å². The number of carbonyl (C=O) groups is 2. The molecule has 20 heavy (non-hydrogen) atoms. The lowest BCUT2D eigenvalue weighted by molar-refractivity contribution is -0.127. The van der Waals surface area contributed by atoms with Gasteiger partial charge in [-0.2, -0.15) is 0 Å². The largest absolute Gasteiger partial charge is 0.454 e. The molecule has 0 aromatic heterocycles. The van der Waals surface area contributed by atoms with Gasteiger partial charge in [0.15, 0.2) is 11.5 Å². The van der Waals surface area contributed by atoms with Crippen LogP contribution in [-0.4, -0.2) is 61.5 Å². The van der Waals surface area contributed by atoms with Gasteiger partial charge >= 0.3 is 0 Å². The minimum absolute atomic E-state index is 0.152. The third-order valence-electron chi connectivity index (χ3n) is 3.62. The molecule has 1 saturated heterocycles. The van der Waals surface area contributed by atoms with Gasteiger partial charge in [0.25, 0.3) is 11.7 Å². The molecule has 106 valence electrons. The molecule has 0 N–H and O–H groups in total. The Kier molecular flexibility index (Phi) is 3.31. The summed E-state index contributed by atoms with van der Waals surface area (Å²) in [5, 5.41) is 0. The molecule has 0 atom stereocenters. The van der Waals surface area contributed by atoms with E-state index in [1.54, 1.807) is 23.1 Å². The fourth-order valence-corrected chi connectivity index (χ4v) is 2.31. The van der Waals surface area contributed by atoms with Crippen LogP contribution in [0.4, 0.5) is 0 Å². The predicted molar refractivity (Wildman–Crippen MR) is 71.0 cm³/mol. The number of ketones is 1. The molecule has 0 saturated carbocycles. The minimum atomic E-state index is -0.493. The first-order chi connectivity index (χ1) is 9.65. The molecule has 6 heteroatoms. The maximum Gasteiger partial charge on any atom is 0.295 e. The maximum atomic E-state index is 12.2. The van der Waals surface area contributed by atoms with Crippen molar-refractivity contribution in [2.24, 2.45) is 0 Å². The second-order valence-corrected chi connectivity index (χ2v) is 4.99. The number of rotatable bonds is 2. The Balaban J connectivity index is 1.73. The molecular weight excluding hydrogens is 260 g/mol. The van der Waals surface area contributed by atoms with Crippen molar-refractivity contribution in [1.82, 2.24) is 9.80 Å². The van der Waals surface area contributed by atoms with Crippen molar-refractivity contribution < 1.29 is 19.1 Å². The summed E-state index contributed by atoms with van der Waals surface area (Å²) in [5.74, 6) is 0.181. The zero-order valence-electron chi connectivity index (χ0n) is 11.3. The van der Waals surface area contributed by atoms with Crippen molar-refractivity contribution >= 4 is 11.7 Å². The number of carbonyl (C=O) groups excluding carboxylic acids is 2. The second-order valence-electron chi connectivity index (χ2n) is 4.99. The highest BCUT2D eigenvalue weighted by atomic mass is 16.7. The molecule has 1 aromatic rings. The molecule has 1 fully saturated rings. The molecule has 0 spiro atoms. The van der Waals surface area contributed by atoms with Gasteiger partial charge in [-0.15, -0.1) is 0 Å². The molecule has 1 aromatic carbocycles. The lowest BCUT2D eigenvalue weighted by Crippen LogP contribution is -2.49. The van der Waals surface area contributed by atoms with Gasteiger partial charge in [-0.3, -0.25) is 9.59 Å². The van der Waals surface area contributed by atoms with E-state index in [1.807, 2.05) is 7.05 Å². The monoisotopic (exact) mass is 276 g/mol. The molecule has 2 aliphatic rings. The number of hydrogen-bond donors (Lipinski definition) is 0. The Morgan fingerprint density at radius 3 is 2.50 bits per heavy atom. The number of amides is 1. The summed E-state index contributed by atoms with van der Waals surface area (Å²) in [5.41, 5.74) is 0.346. The summed E-state index contributed by atoms with van der Waals surface area (Å²) >= 11 is 0. The molecule has 2 heterocycles. The number of hydrogen-bond acceptors (Lipinski definition) is 5. The van der Waals surface area contributed by atoms with E-state index in [1.165, 1.54) is 0 Å². The number of Topliss-reactive ketones (excluding diaryl/α,β-unsaturated/α-hetero) is 1. The molecule has 0 aliphatic carbocycles. The summed E-state index contributed by atoms with van der Waals surface area (Å²) in [6, 6.07) is 4.83. The van der Waals surface area contributed by atoms with Gasteiger partial charge in [-0.05, 0) is 25.2 Å². The second kappa shape index (κ2) is 5.13. The lowest BCUT2D eigenvalue weighted by atomic mass is 10.1. The maximum absolute atomic E-state index is 12.2. The van der Waals surface area contributed by atoms with Crippen LogP contribution >= 0.6 is 0 Å². The van der Waals surface area contributed by atoms with Crippen LogP contribution in [0.25, 0.3) is 0 Å². The molecule has 6 nitrogen and oxygen atoms in total. The highest BCUT2D eigenvalue weighted by Crippen LogP contribution is 2.32. The van der Waals surface area contributed by atoms with Gasteiger partial charge in [0.2, 0.25) is 6.79 Å². The first-order valence-electron chi connectivity index (χ1n) is 6.57. The average Bonchev–Trinajstić information content (AvgIpc) is 2.94. The first kappa shape index (κ1) is 12.9. The van der Waals surface area contributed by atoms with E-state index in [0.29, 0.717) is 30.2 Å². The molecule has 1 amide bonds. The van der Waals surface area contributed by atoms with Gasteiger partial charge in [0.1, 0.15) is 0 Å². The predicted octanol–water partition coefficient (Wildman–Crippen LogP) is 0.372. The molecule has 0 unspecified atom stereocenters. The number of ether oxygens (including phenoxy) is 2. The summed E-state index contributed by atoms with van der Waals surface area (Å²) < 4.78 is 10.4. The molecular formula is C14H16N2O4. The standard InChI is InChI=1S/C14H16N2O4/c1-15-4-6-16(7-5-15)14(18)13(17)10-2-3-11-12(8-10)20-9-19-11/h2-3,8H,4-7,9H2,1H3. The summed E-state index contributed by atoms with van der Waals surface area (Å²) in [4.78, 5) is 28.2. The van der Waals surface area contributed by atoms with Crippen molar-refractivity contribution in [2.75, 3.05) is 40.0 Å². The third-order valence-corrected chi connectivity index (χ3v) is 3.62. The Morgan fingerprint density at radius 1 is 1.05 bits per heavy atom. The summed E-state index contributed by atoms with van der Waals surface area (Å²) in [7, 11) is 2.00. The Bertz CT molecular complexity index is 550.